The molecule has 0 saturated heterocycles. The summed E-state index contributed by atoms with van der Waals surface area (Å²) in [5.74, 6) is 2.10. The summed E-state index contributed by atoms with van der Waals surface area (Å²) in [7, 11) is 3.78. The van der Waals surface area contributed by atoms with Gasteiger partial charge in [-0.2, -0.15) is 5.10 Å². The van der Waals surface area contributed by atoms with Crippen molar-refractivity contribution in [2.45, 2.75) is 50.6 Å². The summed E-state index contributed by atoms with van der Waals surface area (Å²) in [5.41, 5.74) is 1.80. The third-order valence-corrected chi connectivity index (χ3v) is 5.46. The molecule has 2 aliphatic rings. The molecule has 1 amide bonds. The molecule has 0 atom stereocenters. The molecule has 0 unspecified atom stereocenters. The molecule has 2 fully saturated rings. The van der Waals surface area contributed by atoms with Gasteiger partial charge in [-0.25, -0.2) is 9.97 Å². The second kappa shape index (κ2) is 7.54. The molecule has 0 radical (unpaired) electrons. The standard InChI is InChI=1S/C19H27N7O/c1-20-17-15(11-22-26(17)2)16-9-10-21-19(25-16)24-14-7-5-13(6-8-14)23-18(27)12-3-4-12/h9-14,20H,3-8H2,1-2H3,(H,23,27)(H,21,24,25). The summed E-state index contributed by atoms with van der Waals surface area (Å²) < 4.78 is 1.79. The maximum Gasteiger partial charge on any atom is 0.223 e. The Kier molecular flexibility index (Phi) is 4.96. The normalized spacial score (nSPS) is 22.3. The molecule has 0 spiro atoms. The highest BCUT2D eigenvalue weighted by molar-refractivity contribution is 5.81. The molecule has 2 aliphatic carbocycles. The van der Waals surface area contributed by atoms with E-state index in [1.807, 2.05) is 26.4 Å². The average Bonchev–Trinajstić information content (AvgIpc) is 3.46. The molecule has 8 heteroatoms. The van der Waals surface area contributed by atoms with Crippen molar-refractivity contribution in [2.75, 3.05) is 17.7 Å². The van der Waals surface area contributed by atoms with Gasteiger partial charge in [-0.1, -0.05) is 0 Å². The van der Waals surface area contributed by atoms with Crippen LogP contribution in [0.25, 0.3) is 11.3 Å². The van der Waals surface area contributed by atoms with Crippen LogP contribution in [0.4, 0.5) is 11.8 Å². The summed E-state index contributed by atoms with van der Waals surface area (Å²) in [6, 6.07) is 2.55. The van der Waals surface area contributed by atoms with Crippen LogP contribution in [0.2, 0.25) is 0 Å². The molecular formula is C19H27N7O. The van der Waals surface area contributed by atoms with Crippen LogP contribution in [0.5, 0.6) is 0 Å². The van der Waals surface area contributed by atoms with Crippen molar-refractivity contribution < 1.29 is 4.79 Å². The predicted octanol–water partition coefficient (Wildman–Crippen LogP) is 2.17. The molecule has 2 aromatic heterocycles. The number of rotatable bonds is 6. The van der Waals surface area contributed by atoms with E-state index in [0.717, 1.165) is 55.6 Å². The molecule has 0 bridgehead atoms. The van der Waals surface area contributed by atoms with Crippen molar-refractivity contribution in [2.24, 2.45) is 13.0 Å². The summed E-state index contributed by atoms with van der Waals surface area (Å²) in [4.78, 5) is 21.0. The highest BCUT2D eigenvalue weighted by atomic mass is 16.2. The largest absolute Gasteiger partial charge is 0.373 e. The maximum absolute atomic E-state index is 11.9. The van der Waals surface area contributed by atoms with Crippen molar-refractivity contribution in [1.82, 2.24) is 25.1 Å². The highest BCUT2D eigenvalue weighted by Gasteiger charge is 2.32. The Hall–Kier alpha value is -2.64. The van der Waals surface area contributed by atoms with Crippen LogP contribution in [-0.4, -0.2) is 44.8 Å². The molecule has 144 valence electrons. The first-order valence-electron chi connectivity index (χ1n) is 9.74. The van der Waals surface area contributed by atoms with Gasteiger partial charge in [0.15, 0.2) is 0 Å². The lowest BCUT2D eigenvalue weighted by atomic mass is 9.91. The first kappa shape index (κ1) is 17.8. The Morgan fingerprint density at radius 3 is 2.59 bits per heavy atom. The summed E-state index contributed by atoms with van der Waals surface area (Å²) in [6.07, 6.45) is 9.73. The van der Waals surface area contributed by atoms with E-state index in [0.29, 0.717) is 18.0 Å². The van der Waals surface area contributed by atoms with Gasteiger partial charge in [-0.3, -0.25) is 9.48 Å². The minimum Gasteiger partial charge on any atom is -0.373 e. The number of hydrogen-bond acceptors (Lipinski definition) is 6. The van der Waals surface area contributed by atoms with E-state index in [9.17, 15) is 4.79 Å². The Bertz CT molecular complexity index is 806. The number of nitrogens with zero attached hydrogens (tertiary/aromatic N) is 4. The van der Waals surface area contributed by atoms with Crippen molar-refractivity contribution in [3.8, 4) is 11.3 Å². The highest BCUT2D eigenvalue weighted by Crippen LogP contribution is 2.30. The minimum absolute atomic E-state index is 0.249. The lowest BCUT2D eigenvalue weighted by Crippen LogP contribution is -2.40. The van der Waals surface area contributed by atoms with Crippen molar-refractivity contribution >= 4 is 17.7 Å². The average molecular weight is 369 g/mol. The summed E-state index contributed by atoms with van der Waals surface area (Å²) in [6.45, 7) is 0. The van der Waals surface area contributed by atoms with Crippen molar-refractivity contribution in [3.05, 3.63) is 18.5 Å². The lowest BCUT2D eigenvalue weighted by Gasteiger charge is -2.29. The fourth-order valence-electron chi connectivity index (χ4n) is 3.73. The van der Waals surface area contributed by atoms with Crippen LogP contribution in [0.1, 0.15) is 38.5 Å². The van der Waals surface area contributed by atoms with Crippen molar-refractivity contribution in [3.63, 3.8) is 0 Å². The second-order valence-corrected chi connectivity index (χ2v) is 7.52. The zero-order valence-electron chi connectivity index (χ0n) is 15.9. The molecule has 27 heavy (non-hydrogen) atoms. The first-order valence-corrected chi connectivity index (χ1v) is 9.74. The quantitative estimate of drug-likeness (QED) is 0.722. The number of nitrogens with one attached hydrogen (secondary N) is 3. The molecule has 2 heterocycles. The number of aryl methyl sites for hydroxylation is 1. The zero-order valence-corrected chi connectivity index (χ0v) is 15.9. The minimum atomic E-state index is 0.249. The van der Waals surface area contributed by atoms with Gasteiger partial charge in [-0.05, 0) is 44.6 Å². The van der Waals surface area contributed by atoms with Gasteiger partial charge in [0.2, 0.25) is 11.9 Å². The number of aromatic nitrogens is 4. The van der Waals surface area contributed by atoms with Gasteiger partial charge in [0, 0.05) is 38.3 Å². The van der Waals surface area contributed by atoms with E-state index >= 15 is 0 Å². The molecule has 2 saturated carbocycles. The van der Waals surface area contributed by atoms with Crippen LogP contribution in [0, 0.1) is 5.92 Å². The van der Waals surface area contributed by atoms with Gasteiger partial charge in [0.1, 0.15) is 5.82 Å². The van der Waals surface area contributed by atoms with Crippen LogP contribution < -0.4 is 16.0 Å². The fourth-order valence-corrected chi connectivity index (χ4v) is 3.73. The third-order valence-electron chi connectivity index (χ3n) is 5.46. The molecule has 8 nitrogen and oxygen atoms in total. The number of carbonyl (C=O) groups excluding carboxylic acids is 1. The smallest absolute Gasteiger partial charge is 0.223 e. The van der Waals surface area contributed by atoms with E-state index in [2.05, 4.69) is 31.0 Å². The Labute approximate surface area is 159 Å². The van der Waals surface area contributed by atoms with Gasteiger partial charge in [0.05, 0.1) is 17.5 Å². The van der Waals surface area contributed by atoms with Crippen molar-refractivity contribution in [1.29, 1.82) is 0 Å². The predicted molar refractivity (Wildman–Crippen MR) is 104 cm³/mol. The SMILES string of the molecule is CNc1c(-c2ccnc(NC3CCC(NC(=O)C4CC4)CC3)n2)cnn1C. The lowest BCUT2D eigenvalue weighted by molar-refractivity contribution is -0.123. The van der Waals surface area contributed by atoms with Crippen LogP contribution in [0.15, 0.2) is 18.5 Å². The maximum atomic E-state index is 11.9. The topological polar surface area (TPSA) is 96.8 Å². The number of hydrogen-bond donors (Lipinski definition) is 3. The van der Waals surface area contributed by atoms with Gasteiger partial charge in [0.25, 0.3) is 0 Å². The molecule has 3 N–H and O–H groups in total. The fraction of sp³-hybridized carbons (Fsp3) is 0.579. The Morgan fingerprint density at radius 1 is 1.15 bits per heavy atom. The van der Waals surface area contributed by atoms with E-state index in [1.165, 1.54) is 0 Å². The number of carbonyl (C=O) groups is 1. The van der Waals surface area contributed by atoms with E-state index < -0.39 is 0 Å². The zero-order chi connectivity index (χ0) is 18.8. The van der Waals surface area contributed by atoms with Gasteiger partial charge in [-0.15, -0.1) is 0 Å². The number of anilines is 2. The summed E-state index contributed by atoms with van der Waals surface area (Å²) in [5, 5.41) is 14.1. The Morgan fingerprint density at radius 2 is 1.89 bits per heavy atom. The van der Waals surface area contributed by atoms with E-state index in [1.54, 1.807) is 10.9 Å². The molecule has 2 aromatic rings. The van der Waals surface area contributed by atoms with Gasteiger partial charge < -0.3 is 16.0 Å². The monoisotopic (exact) mass is 369 g/mol. The van der Waals surface area contributed by atoms with E-state index in [-0.39, 0.29) is 11.8 Å². The van der Waals surface area contributed by atoms with Gasteiger partial charge >= 0.3 is 0 Å². The summed E-state index contributed by atoms with van der Waals surface area (Å²) >= 11 is 0. The molecule has 4 rings (SSSR count). The third kappa shape index (κ3) is 4.04. The molecule has 0 aliphatic heterocycles. The van der Waals surface area contributed by atoms with Crippen LogP contribution >= 0.6 is 0 Å². The van der Waals surface area contributed by atoms with Crippen LogP contribution in [0.3, 0.4) is 0 Å². The number of amides is 1. The molecular weight excluding hydrogens is 342 g/mol. The first-order chi connectivity index (χ1) is 13.1. The van der Waals surface area contributed by atoms with E-state index in [4.69, 9.17) is 0 Å². The second-order valence-electron chi connectivity index (χ2n) is 7.52. The van der Waals surface area contributed by atoms with Crippen LogP contribution in [-0.2, 0) is 11.8 Å². The Balaban J connectivity index is 1.35. The molecule has 0 aromatic carbocycles.